The van der Waals surface area contributed by atoms with Crippen LogP contribution < -0.4 is 5.73 Å². The van der Waals surface area contributed by atoms with Gasteiger partial charge in [-0.05, 0) is 50.4 Å². The molecule has 1 aromatic carbocycles. The Bertz CT molecular complexity index is 451. The number of halogens is 1. The quantitative estimate of drug-likeness (QED) is 0.907. The number of ether oxygens (including phenoxy) is 1. The van der Waals surface area contributed by atoms with Crippen LogP contribution in [0.5, 0.6) is 0 Å². The van der Waals surface area contributed by atoms with Crippen molar-refractivity contribution in [2.45, 2.75) is 50.8 Å². The van der Waals surface area contributed by atoms with Gasteiger partial charge in [-0.2, -0.15) is 0 Å². The van der Waals surface area contributed by atoms with E-state index in [1.54, 1.807) is 7.11 Å². The molecule has 3 unspecified atom stereocenters. The van der Waals surface area contributed by atoms with Crippen molar-refractivity contribution in [2.24, 2.45) is 5.73 Å². The van der Waals surface area contributed by atoms with Crippen molar-refractivity contribution in [2.75, 3.05) is 20.2 Å². The van der Waals surface area contributed by atoms with Crippen LogP contribution in [0.3, 0.4) is 0 Å². The highest BCUT2D eigenvalue weighted by Crippen LogP contribution is 2.32. The van der Waals surface area contributed by atoms with Crippen LogP contribution >= 0.6 is 0 Å². The molecular formula is C17H27FN2O. The van der Waals surface area contributed by atoms with Gasteiger partial charge in [-0.1, -0.05) is 19.1 Å². The minimum absolute atomic E-state index is 0.0367. The summed E-state index contributed by atoms with van der Waals surface area (Å²) in [4.78, 5) is 2.40. The lowest BCUT2D eigenvalue weighted by molar-refractivity contribution is -0.0644. The van der Waals surface area contributed by atoms with Gasteiger partial charge in [-0.15, -0.1) is 0 Å². The van der Waals surface area contributed by atoms with E-state index in [0.717, 1.165) is 37.9 Å². The minimum atomic E-state index is -0.206. The Morgan fingerprint density at radius 2 is 2.05 bits per heavy atom. The fraction of sp³-hybridized carbons (Fsp3) is 0.647. The number of rotatable bonds is 5. The molecule has 1 fully saturated rings. The molecule has 0 saturated carbocycles. The number of benzene rings is 1. The van der Waals surface area contributed by atoms with E-state index >= 15 is 0 Å². The average molecular weight is 294 g/mol. The Hall–Kier alpha value is -0.970. The van der Waals surface area contributed by atoms with Crippen LogP contribution in [0.25, 0.3) is 0 Å². The van der Waals surface area contributed by atoms with E-state index in [4.69, 9.17) is 10.5 Å². The molecule has 2 rings (SSSR count). The average Bonchev–Trinajstić information content (AvgIpc) is 2.49. The maximum atomic E-state index is 13.2. The number of hydrogen-bond donors (Lipinski definition) is 1. The van der Waals surface area contributed by atoms with E-state index in [9.17, 15) is 4.39 Å². The minimum Gasteiger partial charge on any atom is -0.377 e. The van der Waals surface area contributed by atoms with E-state index in [0.29, 0.717) is 0 Å². The molecule has 1 heterocycles. The third-order valence-electron chi connectivity index (χ3n) is 4.66. The highest BCUT2D eigenvalue weighted by Gasteiger charge is 2.36. The summed E-state index contributed by atoms with van der Waals surface area (Å²) in [5, 5.41) is 0. The third-order valence-corrected chi connectivity index (χ3v) is 4.66. The molecule has 2 N–H and O–H groups in total. The standard InChI is InChI=1S/C17H27FN2O/c1-4-15(19)16(13-6-8-14(18)9-7-13)20-11-5-10-17(2,12-20)21-3/h6-9,15-16H,4-5,10-12,19H2,1-3H3. The summed E-state index contributed by atoms with van der Waals surface area (Å²) in [5.41, 5.74) is 7.34. The Labute approximate surface area is 127 Å². The Morgan fingerprint density at radius 3 is 2.62 bits per heavy atom. The van der Waals surface area contributed by atoms with Crippen LogP contribution in [0.4, 0.5) is 4.39 Å². The number of methoxy groups -OCH3 is 1. The van der Waals surface area contributed by atoms with Crippen molar-refractivity contribution in [3.8, 4) is 0 Å². The van der Waals surface area contributed by atoms with E-state index < -0.39 is 0 Å². The van der Waals surface area contributed by atoms with Gasteiger partial charge in [0.2, 0.25) is 0 Å². The van der Waals surface area contributed by atoms with Gasteiger partial charge in [0.15, 0.2) is 0 Å². The van der Waals surface area contributed by atoms with Crippen LogP contribution in [0.2, 0.25) is 0 Å². The summed E-state index contributed by atoms with van der Waals surface area (Å²) in [6.07, 6.45) is 3.05. The molecule has 3 atom stereocenters. The lowest BCUT2D eigenvalue weighted by atomic mass is 9.89. The molecule has 0 aromatic heterocycles. The summed E-state index contributed by atoms with van der Waals surface area (Å²) in [6, 6.07) is 6.90. The predicted molar refractivity (Wildman–Crippen MR) is 83.6 cm³/mol. The zero-order valence-corrected chi connectivity index (χ0v) is 13.3. The molecule has 118 valence electrons. The second-order valence-electron chi connectivity index (χ2n) is 6.30. The molecule has 1 aromatic rings. The normalized spacial score (nSPS) is 26.5. The molecule has 1 saturated heterocycles. The molecule has 0 amide bonds. The second kappa shape index (κ2) is 6.86. The molecule has 0 aliphatic carbocycles. The third kappa shape index (κ3) is 3.82. The SMILES string of the molecule is CCC(N)C(c1ccc(F)cc1)N1CCCC(C)(OC)C1. The molecular weight excluding hydrogens is 267 g/mol. The number of nitrogens with zero attached hydrogens (tertiary/aromatic N) is 1. The van der Waals surface area contributed by atoms with Gasteiger partial charge in [-0.25, -0.2) is 4.39 Å². The predicted octanol–water partition coefficient (Wildman–Crippen LogP) is 3.11. The number of nitrogens with two attached hydrogens (primary N) is 1. The molecule has 1 aliphatic heterocycles. The zero-order valence-electron chi connectivity index (χ0n) is 13.3. The molecule has 3 nitrogen and oxygen atoms in total. The summed E-state index contributed by atoms with van der Waals surface area (Å²) >= 11 is 0. The van der Waals surface area contributed by atoms with Gasteiger partial charge < -0.3 is 10.5 Å². The Morgan fingerprint density at radius 1 is 1.38 bits per heavy atom. The number of piperidine rings is 1. The number of likely N-dealkylation sites (tertiary alicyclic amines) is 1. The fourth-order valence-electron chi connectivity index (χ4n) is 3.26. The first-order valence-corrected chi connectivity index (χ1v) is 7.79. The molecule has 21 heavy (non-hydrogen) atoms. The first-order chi connectivity index (χ1) is 9.99. The van der Waals surface area contributed by atoms with Crippen molar-refractivity contribution in [3.05, 3.63) is 35.6 Å². The highest BCUT2D eigenvalue weighted by atomic mass is 19.1. The van der Waals surface area contributed by atoms with Crippen molar-refractivity contribution in [1.29, 1.82) is 0 Å². The van der Waals surface area contributed by atoms with Gasteiger partial charge >= 0.3 is 0 Å². The zero-order chi connectivity index (χ0) is 15.5. The van der Waals surface area contributed by atoms with Crippen LogP contribution in [-0.2, 0) is 4.74 Å². The number of hydrogen-bond acceptors (Lipinski definition) is 3. The van der Waals surface area contributed by atoms with Crippen LogP contribution in [0, 0.1) is 5.82 Å². The maximum absolute atomic E-state index is 13.2. The Kier molecular flexibility index (Phi) is 5.36. The lowest BCUT2D eigenvalue weighted by Gasteiger charge is -2.45. The summed E-state index contributed by atoms with van der Waals surface area (Å²) < 4.78 is 18.9. The van der Waals surface area contributed by atoms with Crippen LogP contribution in [-0.4, -0.2) is 36.7 Å². The summed E-state index contributed by atoms with van der Waals surface area (Å²) in [5.74, 6) is -0.206. The Balaban J connectivity index is 2.25. The van der Waals surface area contributed by atoms with Gasteiger partial charge in [-0.3, -0.25) is 4.90 Å². The molecule has 0 bridgehead atoms. The van der Waals surface area contributed by atoms with Gasteiger partial charge in [0.1, 0.15) is 5.82 Å². The van der Waals surface area contributed by atoms with Crippen molar-refractivity contribution in [1.82, 2.24) is 4.90 Å². The van der Waals surface area contributed by atoms with Gasteiger partial charge in [0.25, 0.3) is 0 Å². The second-order valence-corrected chi connectivity index (χ2v) is 6.30. The monoisotopic (exact) mass is 294 g/mol. The van der Waals surface area contributed by atoms with Crippen molar-refractivity contribution in [3.63, 3.8) is 0 Å². The van der Waals surface area contributed by atoms with Crippen LogP contribution in [0.1, 0.15) is 44.7 Å². The van der Waals surface area contributed by atoms with E-state index in [1.807, 2.05) is 12.1 Å². The van der Waals surface area contributed by atoms with E-state index in [2.05, 4.69) is 18.7 Å². The van der Waals surface area contributed by atoms with Gasteiger partial charge in [0, 0.05) is 25.7 Å². The van der Waals surface area contributed by atoms with Crippen molar-refractivity contribution < 1.29 is 9.13 Å². The molecule has 1 aliphatic rings. The van der Waals surface area contributed by atoms with Crippen LogP contribution in [0.15, 0.2) is 24.3 Å². The molecule has 4 heteroatoms. The lowest BCUT2D eigenvalue weighted by Crippen LogP contribution is -2.52. The smallest absolute Gasteiger partial charge is 0.123 e. The maximum Gasteiger partial charge on any atom is 0.123 e. The van der Waals surface area contributed by atoms with E-state index in [-0.39, 0.29) is 23.5 Å². The molecule has 0 spiro atoms. The molecule has 0 radical (unpaired) electrons. The van der Waals surface area contributed by atoms with Gasteiger partial charge in [0.05, 0.1) is 5.60 Å². The van der Waals surface area contributed by atoms with E-state index in [1.165, 1.54) is 12.1 Å². The summed E-state index contributed by atoms with van der Waals surface area (Å²) in [6.45, 7) is 6.12. The first kappa shape index (κ1) is 16.4. The fourth-order valence-corrected chi connectivity index (χ4v) is 3.26. The highest BCUT2D eigenvalue weighted by molar-refractivity contribution is 5.22. The summed E-state index contributed by atoms with van der Waals surface area (Å²) in [7, 11) is 1.77. The van der Waals surface area contributed by atoms with Crippen molar-refractivity contribution >= 4 is 0 Å². The largest absolute Gasteiger partial charge is 0.377 e. The first-order valence-electron chi connectivity index (χ1n) is 7.79. The topological polar surface area (TPSA) is 38.5 Å².